The third-order valence-electron chi connectivity index (χ3n) is 1.42. The van der Waals surface area contributed by atoms with Crippen LogP contribution >= 0.6 is 10.2 Å². The molecule has 1 aromatic carbocycles. The van der Waals surface area contributed by atoms with Crippen molar-refractivity contribution in [1.29, 1.82) is 0 Å². The maximum atomic E-state index is 12.1. The first-order valence-corrected chi connectivity index (χ1v) is 5.20. The minimum Gasteiger partial charge on any atom is -0.285 e. The van der Waals surface area contributed by atoms with Gasteiger partial charge in [-0.05, 0) is 24.3 Å². The fourth-order valence-electron chi connectivity index (χ4n) is 0.780. The van der Waals surface area contributed by atoms with Gasteiger partial charge < -0.3 is 0 Å². The summed E-state index contributed by atoms with van der Waals surface area (Å²) in [5.74, 6) is 0. The third kappa shape index (κ3) is 2.44. The average molecular weight is 231 g/mol. The van der Waals surface area contributed by atoms with E-state index in [9.17, 15) is 24.2 Å². The molecule has 0 fully saturated rings. The second-order valence-electron chi connectivity index (χ2n) is 2.60. The molecule has 1 rings (SSSR count). The van der Waals surface area contributed by atoms with Crippen LogP contribution in [-0.2, 0) is 4.79 Å². The fourth-order valence-corrected chi connectivity index (χ4v) is 1.43. The Morgan fingerprint density at radius 3 is 1.64 bits per heavy atom. The van der Waals surface area contributed by atoms with Crippen LogP contribution in [-0.4, -0.2) is 6.29 Å². The maximum Gasteiger partial charge on any atom is 0.310 e. The molecule has 0 aliphatic heterocycles. The summed E-state index contributed by atoms with van der Waals surface area (Å²) in [7, 11) is -9.60. The van der Waals surface area contributed by atoms with Crippen LogP contribution in [0.5, 0.6) is 0 Å². The molecular weight excluding hydrogens is 227 g/mol. The zero-order chi connectivity index (χ0) is 11.1. The van der Waals surface area contributed by atoms with Crippen LogP contribution in [0.15, 0.2) is 29.2 Å². The molecule has 0 aliphatic rings. The number of benzene rings is 1. The number of hydrogen-bond acceptors (Lipinski definition) is 1. The van der Waals surface area contributed by atoms with Crippen molar-refractivity contribution in [2.75, 3.05) is 0 Å². The van der Waals surface area contributed by atoms with Gasteiger partial charge in [0.25, 0.3) is 0 Å². The van der Waals surface area contributed by atoms with Crippen molar-refractivity contribution >= 4 is 16.5 Å². The lowest BCUT2D eigenvalue weighted by Crippen LogP contribution is -2.05. The predicted octanol–water partition coefficient (Wildman–Crippen LogP) is 3.80. The molecule has 0 saturated carbocycles. The lowest BCUT2D eigenvalue weighted by molar-refractivity contribution is 0.364. The second-order valence-corrected chi connectivity index (χ2v) is 5.00. The van der Waals surface area contributed by atoms with Gasteiger partial charge in [-0.25, -0.2) is 0 Å². The number of halogens is 5. The van der Waals surface area contributed by atoms with Crippen molar-refractivity contribution in [1.82, 2.24) is 0 Å². The summed E-state index contributed by atoms with van der Waals surface area (Å²) in [5.41, 5.74) is -0.212. The lowest BCUT2D eigenvalue weighted by Gasteiger charge is -2.40. The molecule has 0 aliphatic carbocycles. The van der Waals surface area contributed by atoms with Gasteiger partial charge in [0, 0.05) is 5.56 Å². The van der Waals surface area contributed by atoms with E-state index in [4.69, 9.17) is 0 Å². The van der Waals surface area contributed by atoms with Crippen molar-refractivity contribution in [3.8, 4) is 0 Å². The topological polar surface area (TPSA) is 17.1 Å². The molecule has 0 spiro atoms. The zero-order valence-corrected chi connectivity index (χ0v) is 7.33. The molecule has 1 radical (unpaired) electrons. The van der Waals surface area contributed by atoms with Gasteiger partial charge in [0.05, 0.1) is 0 Å². The van der Waals surface area contributed by atoms with E-state index in [1.54, 1.807) is 0 Å². The van der Waals surface area contributed by atoms with E-state index >= 15 is 0 Å². The molecule has 7 heteroatoms. The highest BCUT2D eigenvalue weighted by Gasteiger charge is 2.65. The van der Waals surface area contributed by atoms with E-state index in [-0.39, 0.29) is 17.7 Å². The lowest BCUT2D eigenvalue weighted by atomic mass is 10.2. The highest BCUT2D eigenvalue weighted by atomic mass is 32.5. The number of rotatable bonds is 2. The first-order chi connectivity index (χ1) is 6.03. The van der Waals surface area contributed by atoms with Crippen LogP contribution in [0.2, 0.25) is 0 Å². The first-order valence-electron chi connectivity index (χ1n) is 3.25. The van der Waals surface area contributed by atoms with Gasteiger partial charge >= 0.3 is 10.2 Å². The Bertz CT molecular complexity index is 364. The molecule has 0 heterocycles. The van der Waals surface area contributed by atoms with E-state index in [0.29, 0.717) is 12.1 Å². The maximum absolute atomic E-state index is 12.1. The molecule has 14 heavy (non-hydrogen) atoms. The smallest absolute Gasteiger partial charge is 0.285 e. The predicted molar refractivity (Wildman–Crippen MR) is 42.6 cm³/mol. The summed E-state index contributed by atoms with van der Waals surface area (Å²) >= 11 is 0. The quantitative estimate of drug-likeness (QED) is 0.707. The van der Waals surface area contributed by atoms with Crippen molar-refractivity contribution < 1.29 is 24.2 Å². The molecule has 0 N–H and O–H groups in total. The monoisotopic (exact) mass is 231 g/mol. The molecule has 79 valence electrons. The zero-order valence-electron chi connectivity index (χ0n) is 6.52. The van der Waals surface area contributed by atoms with Gasteiger partial charge in [0.1, 0.15) is 4.90 Å². The molecule has 1 aromatic rings. The van der Waals surface area contributed by atoms with Crippen molar-refractivity contribution in [3.63, 3.8) is 0 Å². The van der Waals surface area contributed by atoms with Crippen LogP contribution in [0.3, 0.4) is 0 Å². The van der Waals surface area contributed by atoms with Crippen LogP contribution in [0.1, 0.15) is 5.56 Å². The summed E-state index contributed by atoms with van der Waals surface area (Å²) < 4.78 is 60.4. The highest BCUT2D eigenvalue weighted by molar-refractivity contribution is 8.45. The van der Waals surface area contributed by atoms with E-state index in [1.807, 2.05) is 0 Å². The van der Waals surface area contributed by atoms with Crippen LogP contribution in [0.25, 0.3) is 0 Å². The molecular formula is C7H4F5OS. The van der Waals surface area contributed by atoms with Crippen molar-refractivity contribution in [3.05, 3.63) is 29.8 Å². The van der Waals surface area contributed by atoms with Gasteiger partial charge in [0.15, 0.2) is 0 Å². The van der Waals surface area contributed by atoms with Crippen LogP contribution in [0.4, 0.5) is 19.4 Å². The van der Waals surface area contributed by atoms with Crippen molar-refractivity contribution in [2.24, 2.45) is 0 Å². The van der Waals surface area contributed by atoms with Crippen molar-refractivity contribution in [2.45, 2.75) is 4.90 Å². The Kier molecular flexibility index (Phi) is 1.78. The minimum absolute atomic E-state index is 0.168. The SMILES string of the molecule is O=[C]c1ccc(S(F)(F)(F)(F)F)cc1. The Morgan fingerprint density at radius 2 is 1.36 bits per heavy atom. The number of carbonyl (C=O) groups excluding carboxylic acids is 1. The van der Waals surface area contributed by atoms with E-state index in [2.05, 4.69) is 0 Å². The van der Waals surface area contributed by atoms with Gasteiger partial charge in [-0.15, -0.1) is 0 Å². The fraction of sp³-hybridized carbons (Fsp3) is 0. The van der Waals surface area contributed by atoms with E-state index in [1.165, 1.54) is 6.29 Å². The Morgan fingerprint density at radius 1 is 0.929 bits per heavy atom. The largest absolute Gasteiger partial charge is 0.310 e. The first kappa shape index (κ1) is 11.0. The summed E-state index contributed by atoms with van der Waals surface area (Å²) in [6.07, 6.45) is 1.28. The molecule has 0 saturated heterocycles. The van der Waals surface area contributed by atoms with Crippen LogP contribution < -0.4 is 0 Å². The molecule has 0 amide bonds. The molecule has 0 atom stereocenters. The van der Waals surface area contributed by atoms with E-state index in [0.717, 1.165) is 0 Å². The standard InChI is InChI=1S/C7H4F5OS/c8-14(9,10,11,12)7-3-1-6(5-13)2-4-7/h1-4H. The van der Waals surface area contributed by atoms with Gasteiger partial charge in [-0.1, -0.05) is 19.4 Å². The summed E-state index contributed by atoms with van der Waals surface area (Å²) in [5, 5.41) is 0. The van der Waals surface area contributed by atoms with Gasteiger partial charge in [-0.3, -0.25) is 4.79 Å². The number of hydrogen-bond donors (Lipinski definition) is 0. The second kappa shape index (κ2) is 2.28. The highest BCUT2D eigenvalue weighted by Crippen LogP contribution is 3.02. The Labute approximate surface area is 76.3 Å². The third-order valence-corrected chi connectivity index (χ3v) is 2.58. The average Bonchev–Trinajstić information content (AvgIpc) is 2.01. The molecule has 0 bridgehead atoms. The summed E-state index contributed by atoms with van der Waals surface area (Å²) in [4.78, 5) is 7.93. The van der Waals surface area contributed by atoms with Gasteiger partial charge in [-0.2, -0.15) is 0 Å². The molecule has 0 aromatic heterocycles. The Balaban J connectivity index is 3.31. The normalized spacial score (nSPS) is 16.9. The van der Waals surface area contributed by atoms with Gasteiger partial charge in [0.2, 0.25) is 6.29 Å². The van der Waals surface area contributed by atoms with E-state index < -0.39 is 15.1 Å². The Hall–Kier alpha value is -1.11. The summed E-state index contributed by atoms with van der Waals surface area (Å²) in [6.45, 7) is 0. The summed E-state index contributed by atoms with van der Waals surface area (Å²) in [6, 6.07) is 1.62. The molecule has 0 unspecified atom stereocenters. The minimum atomic E-state index is -9.60. The molecule has 1 nitrogen and oxygen atoms in total. The van der Waals surface area contributed by atoms with Crippen LogP contribution in [0, 0.1) is 0 Å².